The second-order valence-corrected chi connectivity index (χ2v) is 3.73. The Balaban J connectivity index is 0.00000106. The van der Waals surface area contributed by atoms with Crippen LogP contribution in [0.1, 0.15) is 33.6 Å². The third kappa shape index (κ3) is 5.16. The molecule has 1 aliphatic rings. The topological polar surface area (TPSA) is 46.2 Å². The van der Waals surface area contributed by atoms with Crippen LogP contribution in [-0.4, -0.2) is 18.2 Å². The van der Waals surface area contributed by atoms with E-state index in [4.69, 9.17) is 0 Å². The summed E-state index contributed by atoms with van der Waals surface area (Å²) in [6.45, 7) is 5.52. The molecule has 0 aromatic heterocycles. The molecule has 90 valence electrons. The molecule has 0 aliphatic heterocycles. The molecule has 0 aromatic carbocycles. The molecular formula is C12H19NO2S. The largest absolute Gasteiger partial charge is 0.345 e. The number of thiol groups is 1. The zero-order valence-corrected chi connectivity index (χ0v) is 10.9. The van der Waals surface area contributed by atoms with Crippen LogP contribution in [0.4, 0.5) is 0 Å². The first-order valence-corrected chi connectivity index (χ1v) is 5.92. The Bertz CT molecular complexity index is 319. The van der Waals surface area contributed by atoms with Crippen molar-refractivity contribution in [3.05, 3.63) is 22.6 Å². The lowest BCUT2D eigenvalue weighted by Gasteiger charge is -2.10. The molecule has 1 rings (SSSR count). The summed E-state index contributed by atoms with van der Waals surface area (Å²) in [5, 5.41) is 2.54. The second kappa shape index (κ2) is 8.16. The third-order valence-corrected chi connectivity index (χ3v) is 2.35. The molecule has 0 radical (unpaired) electrons. The van der Waals surface area contributed by atoms with Crippen molar-refractivity contribution in [2.24, 2.45) is 0 Å². The molecule has 0 heterocycles. The van der Waals surface area contributed by atoms with Gasteiger partial charge in [0.25, 0.3) is 5.91 Å². The van der Waals surface area contributed by atoms with Crippen molar-refractivity contribution in [1.82, 2.24) is 5.32 Å². The van der Waals surface area contributed by atoms with Crippen LogP contribution < -0.4 is 5.32 Å². The molecule has 3 nitrogen and oxygen atoms in total. The summed E-state index contributed by atoms with van der Waals surface area (Å²) >= 11 is 4.22. The number of hydrogen-bond acceptors (Lipinski definition) is 3. The molecule has 1 N–H and O–H groups in total. The quantitative estimate of drug-likeness (QED) is 0.744. The first-order valence-electron chi connectivity index (χ1n) is 5.47. The highest BCUT2D eigenvalue weighted by atomic mass is 32.1. The normalized spacial score (nSPS) is 14.0. The lowest BCUT2D eigenvalue weighted by atomic mass is 10.1. The van der Waals surface area contributed by atoms with Crippen LogP contribution in [0, 0.1) is 0 Å². The molecule has 16 heavy (non-hydrogen) atoms. The molecule has 0 aromatic rings. The highest BCUT2D eigenvalue weighted by Gasteiger charge is 2.12. The molecule has 0 unspecified atom stereocenters. The lowest BCUT2D eigenvalue weighted by Crippen LogP contribution is -2.29. The van der Waals surface area contributed by atoms with Crippen LogP contribution in [0.25, 0.3) is 0 Å². The maximum Gasteiger partial charge on any atom is 0.252 e. The van der Waals surface area contributed by atoms with Gasteiger partial charge < -0.3 is 5.32 Å². The van der Waals surface area contributed by atoms with Crippen LogP contribution in [0.3, 0.4) is 0 Å². The minimum Gasteiger partial charge on any atom is -0.345 e. The van der Waals surface area contributed by atoms with Crippen LogP contribution in [-0.2, 0) is 9.59 Å². The molecule has 0 fully saturated rings. The predicted molar refractivity (Wildman–Crippen MR) is 69.4 cm³/mol. The van der Waals surface area contributed by atoms with Gasteiger partial charge in [0.1, 0.15) is 5.78 Å². The van der Waals surface area contributed by atoms with E-state index in [1.807, 2.05) is 19.9 Å². The van der Waals surface area contributed by atoms with Gasteiger partial charge in [0.2, 0.25) is 0 Å². The third-order valence-electron chi connectivity index (χ3n) is 1.89. The number of Topliss-reactive ketones (excluding diaryl/α,β-unsaturated/α-hetero) is 1. The van der Waals surface area contributed by atoms with Crippen molar-refractivity contribution < 1.29 is 9.59 Å². The van der Waals surface area contributed by atoms with Crippen LogP contribution in [0.2, 0.25) is 0 Å². The fraction of sp³-hybridized carbons (Fsp3) is 0.500. The smallest absolute Gasteiger partial charge is 0.252 e. The molecular weight excluding hydrogens is 222 g/mol. The number of ketones is 1. The van der Waals surface area contributed by atoms with Gasteiger partial charge in [0.15, 0.2) is 0 Å². The van der Waals surface area contributed by atoms with E-state index in [0.717, 1.165) is 17.7 Å². The summed E-state index contributed by atoms with van der Waals surface area (Å²) in [6, 6.07) is 0. The summed E-state index contributed by atoms with van der Waals surface area (Å²) in [5.74, 6) is -0.277. The van der Waals surface area contributed by atoms with Crippen LogP contribution in [0.15, 0.2) is 22.6 Å². The minimum atomic E-state index is -0.221. The van der Waals surface area contributed by atoms with E-state index < -0.39 is 0 Å². The van der Waals surface area contributed by atoms with Gasteiger partial charge in [-0.05, 0) is 24.7 Å². The van der Waals surface area contributed by atoms with Gasteiger partial charge >= 0.3 is 0 Å². The highest BCUT2D eigenvalue weighted by Crippen LogP contribution is 2.21. The van der Waals surface area contributed by atoms with Crippen molar-refractivity contribution in [3.8, 4) is 0 Å². The van der Waals surface area contributed by atoms with E-state index >= 15 is 0 Å². The van der Waals surface area contributed by atoms with Crippen molar-refractivity contribution in [2.75, 3.05) is 6.54 Å². The molecule has 4 heteroatoms. The first kappa shape index (κ1) is 15.0. The average molecular weight is 241 g/mol. The molecule has 0 saturated heterocycles. The maximum absolute atomic E-state index is 11.5. The number of hydrogen-bond donors (Lipinski definition) is 2. The maximum atomic E-state index is 11.5. The van der Waals surface area contributed by atoms with Gasteiger partial charge in [-0.2, -0.15) is 0 Å². The van der Waals surface area contributed by atoms with Gasteiger partial charge in [-0.25, -0.2) is 0 Å². The molecule has 0 atom stereocenters. The number of carbonyl (C=O) groups excluding carboxylic acids is 2. The SMILES string of the molecule is CC.CC(=O)CNC(=O)C1=C(S)CCC=C1. The van der Waals surface area contributed by atoms with Crippen molar-refractivity contribution >= 4 is 24.3 Å². The van der Waals surface area contributed by atoms with E-state index in [-0.39, 0.29) is 18.2 Å². The van der Waals surface area contributed by atoms with Crippen molar-refractivity contribution in [2.45, 2.75) is 33.6 Å². The van der Waals surface area contributed by atoms with Crippen LogP contribution >= 0.6 is 12.6 Å². The summed E-state index contributed by atoms with van der Waals surface area (Å²) in [6.07, 6.45) is 5.40. The number of allylic oxidation sites excluding steroid dienone is 2. The van der Waals surface area contributed by atoms with Gasteiger partial charge in [-0.1, -0.05) is 26.0 Å². The van der Waals surface area contributed by atoms with Gasteiger partial charge in [-0.3, -0.25) is 9.59 Å². The van der Waals surface area contributed by atoms with E-state index in [1.54, 1.807) is 6.08 Å². The van der Waals surface area contributed by atoms with Gasteiger partial charge in [-0.15, -0.1) is 12.6 Å². The van der Waals surface area contributed by atoms with Crippen molar-refractivity contribution in [3.63, 3.8) is 0 Å². The molecule has 0 saturated carbocycles. The summed E-state index contributed by atoms with van der Waals surface area (Å²) < 4.78 is 0. The summed E-state index contributed by atoms with van der Waals surface area (Å²) in [5.41, 5.74) is 0.570. The fourth-order valence-corrected chi connectivity index (χ4v) is 1.46. The van der Waals surface area contributed by atoms with Crippen molar-refractivity contribution in [1.29, 1.82) is 0 Å². The summed E-state index contributed by atoms with van der Waals surface area (Å²) in [7, 11) is 0. The number of amides is 1. The zero-order chi connectivity index (χ0) is 12.6. The Hall–Kier alpha value is -1.03. The Morgan fingerprint density at radius 1 is 1.44 bits per heavy atom. The van der Waals surface area contributed by atoms with E-state index in [1.165, 1.54) is 6.92 Å². The Labute approximate surface area is 102 Å². The predicted octanol–water partition coefficient (Wildman–Crippen LogP) is 2.25. The number of rotatable bonds is 3. The fourth-order valence-electron chi connectivity index (χ4n) is 1.16. The average Bonchev–Trinajstić information content (AvgIpc) is 2.29. The van der Waals surface area contributed by atoms with Gasteiger partial charge in [0, 0.05) is 5.57 Å². The Morgan fingerprint density at radius 2 is 2.06 bits per heavy atom. The first-order chi connectivity index (χ1) is 7.61. The van der Waals surface area contributed by atoms with Crippen LogP contribution in [0.5, 0.6) is 0 Å². The second-order valence-electron chi connectivity index (χ2n) is 3.19. The zero-order valence-electron chi connectivity index (χ0n) is 10.0. The molecule has 0 bridgehead atoms. The number of nitrogens with one attached hydrogen (secondary N) is 1. The monoisotopic (exact) mass is 241 g/mol. The lowest BCUT2D eigenvalue weighted by molar-refractivity contribution is -0.121. The van der Waals surface area contributed by atoms with E-state index in [0.29, 0.717) is 5.57 Å². The molecule has 1 aliphatic carbocycles. The van der Waals surface area contributed by atoms with E-state index in [9.17, 15) is 9.59 Å². The Morgan fingerprint density at radius 3 is 2.56 bits per heavy atom. The summed E-state index contributed by atoms with van der Waals surface area (Å²) in [4.78, 5) is 22.9. The standard InChI is InChI=1S/C10H13NO2S.C2H6/c1-7(12)6-11-10(13)8-4-2-3-5-9(8)14;1-2/h2,4,14H,3,5-6H2,1H3,(H,11,13);1-2H3. The van der Waals surface area contributed by atoms with Gasteiger partial charge in [0.05, 0.1) is 6.54 Å². The highest BCUT2D eigenvalue weighted by molar-refractivity contribution is 7.84. The molecule has 0 spiro atoms. The van der Waals surface area contributed by atoms with E-state index in [2.05, 4.69) is 17.9 Å². The minimum absolute atomic E-state index is 0.0561. The molecule has 1 amide bonds. The Kier molecular flexibility index (Phi) is 7.64. The number of carbonyl (C=O) groups is 2.